The average Bonchev–Trinajstić information content (AvgIpc) is 2.37. The lowest BCUT2D eigenvalue weighted by atomic mass is 10.1. The highest BCUT2D eigenvalue weighted by atomic mass is 35.5. The van der Waals surface area contributed by atoms with Crippen molar-refractivity contribution in [1.29, 1.82) is 0 Å². The zero-order chi connectivity index (χ0) is 15.3. The Labute approximate surface area is 117 Å². The molecule has 0 saturated heterocycles. The largest absolute Gasteiger partial charge is 0.574 e. The molecule has 1 aromatic rings. The first-order chi connectivity index (χ1) is 9.30. The maximum atomic E-state index is 12.2. The van der Waals surface area contributed by atoms with Crippen molar-refractivity contribution in [2.75, 3.05) is 14.2 Å². The fourth-order valence-electron chi connectivity index (χ4n) is 1.44. The summed E-state index contributed by atoms with van der Waals surface area (Å²) in [5, 5.41) is 0. The maximum absolute atomic E-state index is 12.2. The third-order valence-electron chi connectivity index (χ3n) is 2.26. The van der Waals surface area contributed by atoms with Gasteiger partial charge >= 0.3 is 12.3 Å². The maximum Gasteiger partial charge on any atom is 0.574 e. The highest BCUT2D eigenvalue weighted by molar-refractivity contribution is 6.17. The molecule has 0 saturated carbocycles. The minimum atomic E-state index is -4.88. The SMILES string of the molecule is COC(=O)Cc1c(CCl)cc(OC(F)(F)F)nc1OC. The normalized spacial score (nSPS) is 11.1. The van der Waals surface area contributed by atoms with Gasteiger partial charge in [0.2, 0.25) is 11.8 Å². The number of carbonyl (C=O) groups excluding carboxylic acids is 1. The molecular weight excluding hydrogens is 303 g/mol. The number of nitrogens with zero attached hydrogens (tertiary/aromatic N) is 1. The molecule has 0 aliphatic rings. The van der Waals surface area contributed by atoms with E-state index in [0.29, 0.717) is 0 Å². The molecule has 0 N–H and O–H groups in total. The summed E-state index contributed by atoms with van der Waals surface area (Å²) in [6.07, 6.45) is -5.10. The monoisotopic (exact) mass is 313 g/mol. The van der Waals surface area contributed by atoms with Gasteiger partial charge in [0.25, 0.3) is 0 Å². The molecule has 0 fully saturated rings. The van der Waals surface area contributed by atoms with Crippen LogP contribution in [-0.4, -0.2) is 31.5 Å². The molecule has 1 aromatic heterocycles. The summed E-state index contributed by atoms with van der Waals surface area (Å²) < 4.78 is 49.6. The number of halogens is 4. The number of hydrogen-bond acceptors (Lipinski definition) is 5. The van der Waals surface area contributed by atoms with E-state index in [1.54, 1.807) is 0 Å². The summed E-state index contributed by atoms with van der Waals surface area (Å²) in [5.41, 5.74) is 0.493. The summed E-state index contributed by atoms with van der Waals surface area (Å²) in [6, 6.07) is 1.00. The fourth-order valence-corrected chi connectivity index (χ4v) is 1.68. The Morgan fingerprint density at radius 2 is 2.05 bits per heavy atom. The van der Waals surface area contributed by atoms with Gasteiger partial charge in [-0.2, -0.15) is 4.98 Å². The second-order valence-corrected chi connectivity index (χ2v) is 3.81. The van der Waals surface area contributed by atoms with Crippen molar-refractivity contribution < 1.29 is 32.2 Å². The van der Waals surface area contributed by atoms with Crippen LogP contribution in [0.1, 0.15) is 11.1 Å². The second-order valence-electron chi connectivity index (χ2n) is 3.54. The molecule has 0 aromatic carbocycles. The van der Waals surface area contributed by atoms with E-state index in [0.717, 1.165) is 6.07 Å². The van der Waals surface area contributed by atoms with Crippen molar-refractivity contribution >= 4 is 17.6 Å². The van der Waals surface area contributed by atoms with Crippen LogP contribution in [0.5, 0.6) is 11.8 Å². The van der Waals surface area contributed by atoms with Gasteiger partial charge in [-0.1, -0.05) is 0 Å². The number of carbonyl (C=O) groups is 1. The van der Waals surface area contributed by atoms with E-state index >= 15 is 0 Å². The zero-order valence-corrected chi connectivity index (χ0v) is 11.3. The number of aromatic nitrogens is 1. The second kappa shape index (κ2) is 6.65. The predicted octanol–water partition coefficient (Wildman–Crippen LogP) is 2.44. The molecular formula is C11H11ClF3NO4. The van der Waals surface area contributed by atoms with Crippen LogP contribution in [0, 0.1) is 0 Å². The molecule has 112 valence electrons. The number of alkyl halides is 4. The average molecular weight is 314 g/mol. The number of ether oxygens (including phenoxy) is 3. The lowest BCUT2D eigenvalue weighted by Gasteiger charge is -2.14. The van der Waals surface area contributed by atoms with Crippen LogP contribution in [0.15, 0.2) is 6.07 Å². The molecule has 5 nitrogen and oxygen atoms in total. The number of methoxy groups -OCH3 is 2. The molecule has 0 bridgehead atoms. The molecule has 0 radical (unpaired) electrons. The summed E-state index contributed by atoms with van der Waals surface area (Å²) in [5.74, 6) is -1.62. The molecule has 20 heavy (non-hydrogen) atoms. The van der Waals surface area contributed by atoms with Gasteiger partial charge in [-0.25, -0.2) is 0 Å². The van der Waals surface area contributed by atoms with Crippen LogP contribution in [0.2, 0.25) is 0 Å². The lowest BCUT2D eigenvalue weighted by molar-refractivity contribution is -0.276. The van der Waals surface area contributed by atoms with Crippen molar-refractivity contribution in [3.63, 3.8) is 0 Å². The van der Waals surface area contributed by atoms with E-state index in [2.05, 4.69) is 14.5 Å². The molecule has 0 unspecified atom stereocenters. The summed E-state index contributed by atoms with van der Waals surface area (Å²) in [4.78, 5) is 14.8. The highest BCUT2D eigenvalue weighted by Crippen LogP contribution is 2.30. The summed E-state index contributed by atoms with van der Waals surface area (Å²) >= 11 is 5.66. The minimum absolute atomic E-state index is 0.139. The Morgan fingerprint density at radius 3 is 2.50 bits per heavy atom. The van der Waals surface area contributed by atoms with Gasteiger partial charge in [-0.05, 0) is 5.56 Å². The van der Waals surface area contributed by atoms with Crippen LogP contribution in [0.4, 0.5) is 13.2 Å². The van der Waals surface area contributed by atoms with Gasteiger partial charge in [0.1, 0.15) is 0 Å². The van der Waals surface area contributed by atoms with Crippen LogP contribution >= 0.6 is 11.6 Å². The topological polar surface area (TPSA) is 57.7 Å². The Morgan fingerprint density at radius 1 is 1.40 bits per heavy atom. The number of hydrogen-bond donors (Lipinski definition) is 0. The molecule has 1 heterocycles. The number of rotatable bonds is 5. The minimum Gasteiger partial charge on any atom is -0.481 e. The first kappa shape index (κ1) is 16.4. The zero-order valence-electron chi connectivity index (χ0n) is 10.6. The predicted molar refractivity (Wildman–Crippen MR) is 62.7 cm³/mol. The Bertz CT molecular complexity index is 468. The van der Waals surface area contributed by atoms with E-state index in [1.165, 1.54) is 14.2 Å². The molecule has 0 aliphatic heterocycles. The molecule has 0 spiro atoms. The quantitative estimate of drug-likeness (QED) is 0.617. The van der Waals surface area contributed by atoms with Crippen molar-refractivity contribution in [2.24, 2.45) is 0 Å². The lowest BCUT2D eigenvalue weighted by Crippen LogP contribution is -2.19. The first-order valence-electron chi connectivity index (χ1n) is 5.26. The van der Waals surface area contributed by atoms with Crippen molar-refractivity contribution in [3.8, 4) is 11.8 Å². The van der Waals surface area contributed by atoms with Gasteiger partial charge in [0.05, 0.1) is 20.6 Å². The van der Waals surface area contributed by atoms with E-state index in [1.807, 2.05) is 0 Å². The fraction of sp³-hybridized carbons (Fsp3) is 0.455. The Hall–Kier alpha value is -1.70. The van der Waals surface area contributed by atoms with Crippen LogP contribution in [0.25, 0.3) is 0 Å². The standard InChI is InChI=1S/C11H11ClF3NO4/c1-18-9(17)4-7-6(5-12)3-8(16-10(7)19-2)20-11(13,14)15/h3H,4-5H2,1-2H3. The summed E-state index contributed by atoms with van der Waals surface area (Å²) in [7, 11) is 2.39. The van der Waals surface area contributed by atoms with Gasteiger partial charge in [0.15, 0.2) is 0 Å². The Balaban J connectivity index is 3.21. The molecule has 1 rings (SSSR count). The van der Waals surface area contributed by atoms with Crippen LogP contribution in [-0.2, 0) is 21.8 Å². The highest BCUT2D eigenvalue weighted by Gasteiger charge is 2.32. The van der Waals surface area contributed by atoms with Crippen molar-refractivity contribution in [1.82, 2.24) is 4.98 Å². The van der Waals surface area contributed by atoms with E-state index in [-0.39, 0.29) is 29.3 Å². The van der Waals surface area contributed by atoms with Gasteiger partial charge in [-0.3, -0.25) is 4.79 Å². The van der Waals surface area contributed by atoms with E-state index in [9.17, 15) is 18.0 Å². The summed E-state index contributed by atoms with van der Waals surface area (Å²) in [6.45, 7) is 0. The van der Waals surface area contributed by atoms with Gasteiger partial charge in [-0.15, -0.1) is 24.8 Å². The Kier molecular flexibility index (Phi) is 5.43. The van der Waals surface area contributed by atoms with Gasteiger partial charge < -0.3 is 14.2 Å². The van der Waals surface area contributed by atoms with Crippen LogP contribution < -0.4 is 9.47 Å². The van der Waals surface area contributed by atoms with Crippen LogP contribution in [0.3, 0.4) is 0 Å². The van der Waals surface area contributed by atoms with Gasteiger partial charge in [0, 0.05) is 17.5 Å². The molecule has 0 atom stereocenters. The third kappa shape index (κ3) is 4.44. The molecule has 9 heteroatoms. The van der Waals surface area contributed by atoms with Crippen molar-refractivity contribution in [3.05, 3.63) is 17.2 Å². The van der Waals surface area contributed by atoms with Crippen molar-refractivity contribution in [2.45, 2.75) is 18.7 Å². The number of pyridine rings is 1. The van der Waals surface area contributed by atoms with E-state index in [4.69, 9.17) is 16.3 Å². The third-order valence-corrected chi connectivity index (χ3v) is 2.55. The molecule has 0 amide bonds. The first-order valence-corrected chi connectivity index (χ1v) is 5.79. The smallest absolute Gasteiger partial charge is 0.481 e. The van der Waals surface area contributed by atoms with E-state index < -0.39 is 18.2 Å². The number of esters is 1. The molecule has 0 aliphatic carbocycles.